The molecule has 0 aromatic heterocycles. The number of ether oxygens (including phenoxy) is 3. The van der Waals surface area contributed by atoms with Crippen LogP contribution in [0.5, 0.6) is 11.5 Å². The fraction of sp³-hybridized carbons (Fsp3) is 0.533. The molecule has 1 aliphatic rings. The van der Waals surface area contributed by atoms with Crippen LogP contribution in [0.25, 0.3) is 0 Å². The van der Waals surface area contributed by atoms with Gasteiger partial charge in [-0.3, -0.25) is 15.1 Å². The summed E-state index contributed by atoms with van der Waals surface area (Å²) < 4.78 is 16.2. The number of nitro groups is 1. The number of nitrogens with zero attached hydrogens (tertiary/aromatic N) is 2. The van der Waals surface area contributed by atoms with E-state index in [2.05, 4.69) is 4.99 Å². The molecule has 2 rings (SSSR count). The average molecular weight is 308 g/mol. The summed E-state index contributed by atoms with van der Waals surface area (Å²) in [7, 11) is 1.55. The zero-order chi connectivity index (χ0) is 15.9. The van der Waals surface area contributed by atoms with E-state index in [4.69, 9.17) is 14.2 Å². The summed E-state index contributed by atoms with van der Waals surface area (Å²) in [6.07, 6.45) is 0.415. The van der Waals surface area contributed by atoms with Gasteiger partial charge in [0.1, 0.15) is 6.61 Å². The molecule has 1 atom stereocenters. The lowest BCUT2D eigenvalue weighted by Crippen LogP contribution is -2.17. The normalized spacial score (nSPS) is 14.9. The molecule has 7 nitrogen and oxygen atoms in total. The summed E-state index contributed by atoms with van der Waals surface area (Å²) in [5.74, 6) is 1.47. The van der Waals surface area contributed by atoms with Crippen molar-refractivity contribution in [1.82, 2.24) is 0 Å². The first-order valence-corrected chi connectivity index (χ1v) is 7.22. The Bertz CT molecular complexity index is 559. The van der Waals surface area contributed by atoms with E-state index >= 15 is 0 Å². The molecule has 22 heavy (non-hydrogen) atoms. The van der Waals surface area contributed by atoms with E-state index in [1.54, 1.807) is 19.2 Å². The first-order chi connectivity index (χ1) is 10.6. The van der Waals surface area contributed by atoms with Gasteiger partial charge < -0.3 is 14.2 Å². The molecule has 1 aromatic rings. The van der Waals surface area contributed by atoms with Crippen molar-refractivity contribution in [1.29, 1.82) is 0 Å². The van der Waals surface area contributed by atoms with Crippen molar-refractivity contribution < 1.29 is 19.1 Å². The maximum atomic E-state index is 10.9. The second-order valence-electron chi connectivity index (χ2n) is 4.88. The van der Waals surface area contributed by atoms with Crippen molar-refractivity contribution in [3.63, 3.8) is 0 Å². The molecule has 0 amide bonds. The molecule has 0 bridgehead atoms. The smallest absolute Gasteiger partial charge is 0.211 e. The van der Waals surface area contributed by atoms with E-state index in [1.807, 2.05) is 13.0 Å². The molecule has 0 saturated heterocycles. The Balaban J connectivity index is 2.23. The molecule has 1 aromatic carbocycles. The van der Waals surface area contributed by atoms with E-state index < -0.39 is 0 Å². The predicted molar refractivity (Wildman–Crippen MR) is 81.6 cm³/mol. The second-order valence-corrected chi connectivity index (χ2v) is 4.88. The lowest BCUT2D eigenvalue weighted by atomic mass is 9.95. The minimum absolute atomic E-state index is 0.181. The molecule has 1 unspecified atom stereocenters. The standard InChI is InChI=1S/C15H20N2O5/c1-3-21-13-5-4-11(8-14(13)20-2)12(10-17(18)19)9-15-16-6-7-22-15/h4-5,8,12H,3,6-7,9-10H2,1-2H3. The SMILES string of the molecule is CCOc1ccc(C(CC2=NCCO2)C[N+](=O)[O-])cc1OC. The van der Waals surface area contributed by atoms with Crippen molar-refractivity contribution in [2.75, 3.05) is 33.4 Å². The Morgan fingerprint density at radius 2 is 2.27 bits per heavy atom. The largest absolute Gasteiger partial charge is 0.493 e. The molecule has 0 spiro atoms. The van der Waals surface area contributed by atoms with E-state index in [-0.39, 0.29) is 17.4 Å². The molecule has 1 heterocycles. The van der Waals surface area contributed by atoms with Gasteiger partial charge in [0, 0.05) is 11.3 Å². The highest BCUT2D eigenvalue weighted by Gasteiger charge is 2.24. The molecular formula is C15H20N2O5. The number of hydrogen-bond donors (Lipinski definition) is 0. The molecule has 0 radical (unpaired) electrons. The van der Waals surface area contributed by atoms with Crippen LogP contribution in [-0.4, -0.2) is 44.2 Å². The molecule has 0 fully saturated rings. The zero-order valence-corrected chi connectivity index (χ0v) is 12.8. The van der Waals surface area contributed by atoms with Crippen LogP contribution in [0.15, 0.2) is 23.2 Å². The molecule has 1 aliphatic heterocycles. The molecule has 120 valence electrons. The van der Waals surface area contributed by atoms with Crippen LogP contribution in [0.3, 0.4) is 0 Å². The Hall–Kier alpha value is -2.31. The highest BCUT2D eigenvalue weighted by atomic mass is 16.6. The molecular weight excluding hydrogens is 288 g/mol. The van der Waals surface area contributed by atoms with Gasteiger partial charge in [0.05, 0.1) is 26.2 Å². The molecule has 0 saturated carbocycles. The van der Waals surface area contributed by atoms with Crippen LogP contribution in [0.4, 0.5) is 0 Å². The Labute approximate surface area is 129 Å². The topological polar surface area (TPSA) is 83.2 Å². The van der Waals surface area contributed by atoms with E-state index in [0.29, 0.717) is 43.6 Å². The van der Waals surface area contributed by atoms with E-state index in [1.165, 1.54) is 0 Å². The van der Waals surface area contributed by atoms with Gasteiger partial charge in [-0.15, -0.1) is 0 Å². The maximum Gasteiger partial charge on any atom is 0.211 e. The summed E-state index contributed by atoms with van der Waals surface area (Å²) in [5.41, 5.74) is 0.815. The molecule has 0 N–H and O–H groups in total. The summed E-state index contributed by atoms with van der Waals surface area (Å²) in [6, 6.07) is 5.40. The van der Waals surface area contributed by atoms with Gasteiger partial charge in [-0.2, -0.15) is 0 Å². The number of hydrogen-bond acceptors (Lipinski definition) is 6. The third kappa shape index (κ3) is 4.09. The first kappa shape index (κ1) is 16.1. The van der Waals surface area contributed by atoms with Crippen LogP contribution in [0.2, 0.25) is 0 Å². The van der Waals surface area contributed by atoms with Crippen LogP contribution in [0.1, 0.15) is 24.8 Å². The third-order valence-corrected chi connectivity index (χ3v) is 3.40. The Morgan fingerprint density at radius 1 is 1.45 bits per heavy atom. The second kappa shape index (κ2) is 7.63. The predicted octanol–water partition coefficient (Wildman–Crippen LogP) is 2.27. The fourth-order valence-corrected chi connectivity index (χ4v) is 2.39. The zero-order valence-electron chi connectivity index (χ0n) is 12.8. The van der Waals surface area contributed by atoms with Gasteiger partial charge in [0.25, 0.3) is 0 Å². The van der Waals surface area contributed by atoms with Gasteiger partial charge in [0.15, 0.2) is 17.4 Å². The lowest BCUT2D eigenvalue weighted by Gasteiger charge is -2.16. The highest BCUT2D eigenvalue weighted by molar-refractivity contribution is 5.78. The molecule has 0 aliphatic carbocycles. The number of methoxy groups -OCH3 is 1. The molecule has 7 heteroatoms. The summed E-state index contributed by atoms with van der Waals surface area (Å²) in [4.78, 5) is 14.8. The van der Waals surface area contributed by atoms with Gasteiger partial charge in [-0.05, 0) is 24.6 Å². The summed E-state index contributed by atoms with van der Waals surface area (Å²) in [6.45, 7) is 3.40. The van der Waals surface area contributed by atoms with Crippen molar-refractivity contribution >= 4 is 5.90 Å². The van der Waals surface area contributed by atoms with Gasteiger partial charge in [-0.25, -0.2) is 0 Å². The quantitative estimate of drug-likeness (QED) is 0.543. The average Bonchev–Trinajstić information content (AvgIpc) is 3.00. The van der Waals surface area contributed by atoms with Crippen molar-refractivity contribution in [2.24, 2.45) is 4.99 Å². The van der Waals surface area contributed by atoms with Gasteiger partial charge in [-0.1, -0.05) is 6.07 Å². The van der Waals surface area contributed by atoms with Crippen LogP contribution in [0, 0.1) is 10.1 Å². The minimum atomic E-state index is -0.316. The Morgan fingerprint density at radius 3 is 2.86 bits per heavy atom. The maximum absolute atomic E-state index is 10.9. The first-order valence-electron chi connectivity index (χ1n) is 7.22. The Kier molecular flexibility index (Phi) is 5.57. The van der Waals surface area contributed by atoms with Gasteiger partial charge >= 0.3 is 0 Å². The fourth-order valence-electron chi connectivity index (χ4n) is 2.39. The number of benzene rings is 1. The number of aliphatic imine (C=N–C) groups is 1. The van der Waals surface area contributed by atoms with Crippen molar-refractivity contribution in [3.8, 4) is 11.5 Å². The van der Waals surface area contributed by atoms with Crippen LogP contribution < -0.4 is 9.47 Å². The van der Waals surface area contributed by atoms with Crippen LogP contribution in [-0.2, 0) is 4.74 Å². The van der Waals surface area contributed by atoms with Gasteiger partial charge in [0.2, 0.25) is 6.54 Å². The van der Waals surface area contributed by atoms with E-state index in [9.17, 15) is 10.1 Å². The third-order valence-electron chi connectivity index (χ3n) is 3.40. The van der Waals surface area contributed by atoms with E-state index in [0.717, 1.165) is 5.56 Å². The van der Waals surface area contributed by atoms with Crippen molar-refractivity contribution in [3.05, 3.63) is 33.9 Å². The minimum Gasteiger partial charge on any atom is -0.493 e. The van der Waals surface area contributed by atoms with Crippen LogP contribution >= 0.6 is 0 Å². The van der Waals surface area contributed by atoms with Crippen molar-refractivity contribution in [2.45, 2.75) is 19.3 Å². The number of rotatable bonds is 8. The lowest BCUT2D eigenvalue weighted by molar-refractivity contribution is -0.483. The summed E-state index contributed by atoms with van der Waals surface area (Å²) in [5, 5.41) is 10.9. The monoisotopic (exact) mass is 308 g/mol. The highest BCUT2D eigenvalue weighted by Crippen LogP contribution is 2.32. The summed E-state index contributed by atoms with van der Waals surface area (Å²) >= 11 is 0.